The molecule has 0 unspecified atom stereocenters. The Hall–Kier alpha value is -1.84. The zero-order chi connectivity index (χ0) is 11.4. The van der Waals surface area contributed by atoms with E-state index in [0.29, 0.717) is 11.3 Å². The maximum absolute atomic E-state index is 11.6. The molecule has 0 fully saturated rings. The summed E-state index contributed by atoms with van der Waals surface area (Å²) in [6.07, 6.45) is -0.171. The smallest absolute Gasteiger partial charge is 0.303 e. The predicted molar refractivity (Wildman–Crippen MR) is 56.8 cm³/mol. The highest BCUT2D eigenvalue weighted by Crippen LogP contribution is 2.18. The number of nitrogens with two attached hydrogens (primary N) is 1. The number of para-hydroxylation sites is 1. The molecule has 1 rings (SSSR count). The molecule has 1 aromatic carbocycles. The Labute approximate surface area is 87.7 Å². The van der Waals surface area contributed by atoms with Gasteiger partial charge in [0.25, 0.3) is 0 Å². The number of nitrogen functional groups attached to an aromatic ring is 1. The van der Waals surface area contributed by atoms with Crippen LogP contribution in [0.2, 0.25) is 0 Å². The molecule has 1 aromatic rings. The van der Waals surface area contributed by atoms with E-state index in [9.17, 15) is 9.59 Å². The maximum atomic E-state index is 11.6. The first-order valence-corrected chi connectivity index (χ1v) is 4.62. The summed E-state index contributed by atoms with van der Waals surface area (Å²) in [5.74, 6) is -1.20. The molecule has 0 saturated carbocycles. The van der Waals surface area contributed by atoms with Gasteiger partial charge in [0, 0.05) is 17.7 Å². The second-order valence-corrected chi connectivity index (χ2v) is 3.35. The number of carboxylic acid groups (broad SMARTS) is 1. The molecule has 0 aromatic heterocycles. The van der Waals surface area contributed by atoms with Crippen LogP contribution in [-0.2, 0) is 4.79 Å². The molecule has 0 atom stereocenters. The Balaban J connectivity index is 2.82. The number of ketones is 1. The second-order valence-electron chi connectivity index (χ2n) is 3.35. The van der Waals surface area contributed by atoms with Crippen molar-refractivity contribution in [2.24, 2.45) is 0 Å². The van der Waals surface area contributed by atoms with E-state index in [4.69, 9.17) is 10.8 Å². The number of aliphatic carboxylic acids is 1. The average molecular weight is 207 g/mol. The quantitative estimate of drug-likeness (QED) is 0.580. The Morgan fingerprint density at radius 1 is 1.33 bits per heavy atom. The fourth-order valence-electron chi connectivity index (χ4n) is 1.28. The molecule has 4 heteroatoms. The lowest BCUT2D eigenvalue weighted by molar-refractivity contribution is -0.136. The fourth-order valence-corrected chi connectivity index (χ4v) is 1.28. The monoisotopic (exact) mass is 207 g/mol. The van der Waals surface area contributed by atoms with Crippen LogP contribution in [0.5, 0.6) is 0 Å². The summed E-state index contributed by atoms with van der Waals surface area (Å²) >= 11 is 0. The van der Waals surface area contributed by atoms with Crippen LogP contribution in [0.25, 0.3) is 0 Å². The highest BCUT2D eigenvalue weighted by atomic mass is 16.4. The fraction of sp³-hybridized carbons (Fsp3) is 0.273. The van der Waals surface area contributed by atoms with E-state index in [2.05, 4.69) is 0 Å². The van der Waals surface area contributed by atoms with Gasteiger partial charge in [-0.3, -0.25) is 9.59 Å². The molecule has 0 saturated heterocycles. The summed E-state index contributed by atoms with van der Waals surface area (Å²) < 4.78 is 0. The van der Waals surface area contributed by atoms with Crippen LogP contribution >= 0.6 is 0 Å². The Morgan fingerprint density at radius 2 is 2.00 bits per heavy atom. The van der Waals surface area contributed by atoms with E-state index in [1.807, 2.05) is 13.0 Å². The number of rotatable bonds is 4. The van der Waals surface area contributed by atoms with Crippen LogP contribution < -0.4 is 5.73 Å². The number of hydrogen-bond donors (Lipinski definition) is 2. The van der Waals surface area contributed by atoms with Crippen molar-refractivity contribution in [1.29, 1.82) is 0 Å². The third-order valence-electron chi connectivity index (χ3n) is 2.19. The molecule has 80 valence electrons. The van der Waals surface area contributed by atoms with Crippen molar-refractivity contribution in [3.63, 3.8) is 0 Å². The Bertz CT molecular complexity index is 399. The third kappa shape index (κ3) is 2.80. The topological polar surface area (TPSA) is 80.4 Å². The van der Waals surface area contributed by atoms with Crippen molar-refractivity contribution < 1.29 is 14.7 Å². The van der Waals surface area contributed by atoms with Crippen molar-refractivity contribution in [3.05, 3.63) is 29.3 Å². The number of Topliss-reactive ketones (excluding diaryl/α,β-unsaturated/α-hetero) is 1. The SMILES string of the molecule is Cc1cccc(C(=O)CCC(=O)O)c1N. The van der Waals surface area contributed by atoms with Crippen molar-refractivity contribution in [1.82, 2.24) is 0 Å². The summed E-state index contributed by atoms with van der Waals surface area (Å²) in [6, 6.07) is 5.16. The number of carbonyl (C=O) groups is 2. The van der Waals surface area contributed by atoms with Gasteiger partial charge in [0.05, 0.1) is 6.42 Å². The minimum absolute atomic E-state index is 0.0109. The van der Waals surface area contributed by atoms with Gasteiger partial charge in [0.15, 0.2) is 5.78 Å². The van der Waals surface area contributed by atoms with E-state index < -0.39 is 5.97 Å². The summed E-state index contributed by atoms with van der Waals surface area (Å²) in [6.45, 7) is 1.81. The summed E-state index contributed by atoms with van der Waals surface area (Å²) in [7, 11) is 0. The van der Waals surface area contributed by atoms with Gasteiger partial charge in [-0.25, -0.2) is 0 Å². The van der Waals surface area contributed by atoms with Crippen LogP contribution in [0.3, 0.4) is 0 Å². The van der Waals surface area contributed by atoms with Crippen LogP contribution in [0.4, 0.5) is 5.69 Å². The predicted octanol–water partition coefficient (Wildman–Crippen LogP) is 1.62. The van der Waals surface area contributed by atoms with Gasteiger partial charge >= 0.3 is 5.97 Å². The number of carbonyl (C=O) groups excluding carboxylic acids is 1. The first-order valence-electron chi connectivity index (χ1n) is 4.62. The van der Waals surface area contributed by atoms with Crippen LogP contribution in [0.1, 0.15) is 28.8 Å². The van der Waals surface area contributed by atoms with E-state index in [1.165, 1.54) is 0 Å². The van der Waals surface area contributed by atoms with Crippen molar-refractivity contribution in [2.75, 3.05) is 5.73 Å². The summed E-state index contributed by atoms with van der Waals surface area (Å²) in [4.78, 5) is 21.9. The molecule has 0 aliphatic rings. The summed E-state index contributed by atoms with van der Waals surface area (Å²) in [5, 5.41) is 8.45. The second kappa shape index (κ2) is 4.59. The first kappa shape index (κ1) is 11.2. The number of carboxylic acids is 1. The van der Waals surface area contributed by atoms with Gasteiger partial charge in [-0.05, 0) is 18.6 Å². The summed E-state index contributed by atoms with van der Waals surface area (Å²) in [5.41, 5.74) is 7.40. The van der Waals surface area contributed by atoms with Crippen molar-refractivity contribution >= 4 is 17.4 Å². The zero-order valence-corrected chi connectivity index (χ0v) is 8.49. The lowest BCUT2D eigenvalue weighted by Crippen LogP contribution is -2.07. The average Bonchev–Trinajstić information content (AvgIpc) is 2.18. The molecule has 15 heavy (non-hydrogen) atoms. The molecule has 0 aliphatic heterocycles. The van der Waals surface area contributed by atoms with Gasteiger partial charge in [-0.2, -0.15) is 0 Å². The normalized spacial score (nSPS) is 9.93. The highest BCUT2D eigenvalue weighted by Gasteiger charge is 2.12. The van der Waals surface area contributed by atoms with Crippen LogP contribution in [-0.4, -0.2) is 16.9 Å². The molecule has 0 radical (unpaired) electrons. The molecule has 0 spiro atoms. The van der Waals surface area contributed by atoms with E-state index in [1.54, 1.807) is 12.1 Å². The number of benzene rings is 1. The molecular formula is C11H13NO3. The molecule has 0 bridgehead atoms. The highest BCUT2D eigenvalue weighted by molar-refractivity contribution is 6.02. The van der Waals surface area contributed by atoms with Crippen molar-refractivity contribution in [2.45, 2.75) is 19.8 Å². The van der Waals surface area contributed by atoms with Gasteiger partial charge < -0.3 is 10.8 Å². The zero-order valence-electron chi connectivity index (χ0n) is 8.49. The molecule has 0 amide bonds. The lowest BCUT2D eigenvalue weighted by atomic mass is 10.0. The Kier molecular flexibility index (Phi) is 3.44. The molecule has 4 nitrogen and oxygen atoms in total. The molecule has 0 heterocycles. The van der Waals surface area contributed by atoms with Gasteiger partial charge in [-0.1, -0.05) is 12.1 Å². The standard InChI is InChI=1S/C11H13NO3/c1-7-3-2-4-8(11(7)12)9(13)5-6-10(14)15/h2-4H,5-6,12H2,1H3,(H,14,15). The minimum atomic E-state index is -0.977. The minimum Gasteiger partial charge on any atom is -0.481 e. The molecular weight excluding hydrogens is 194 g/mol. The van der Waals surface area contributed by atoms with Crippen molar-refractivity contribution in [3.8, 4) is 0 Å². The van der Waals surface area contributed by atoms with Gasteiger partial charge in [0.2, 0.25) is 0 Å². The largest absolute Gasteiger partial charge is 0.481 e. The first-order chi connectivity index (χ1) is 7.02. The van der Waals surface area contributed by atoms with Gasteiger partial charge in [0.1, 0.15) is 0 Å². The lowest BCUT2D eigenvalue weighted by Gasteiger charge is -2.06. The Morgan fingerprint density at radius 3 is 2.60 bits per heavy atom. The van der Waals surface area contributed by atoms with E-state index >= 15 is 0 Å². The van der Waals surface area contributed by atoms with E-state index in [0.717, 1.165) is 5.56 Å². The maximum Gasteiger partial charge on any atom is 0.303 e. The number of anilines is 1. The van der Waals surface area contributed by atoms with Gasteiger partial charge in [-0.15, -0.1) is 0 Å². The van der Waals surface area contributed by atoms with Crippen LogP contribution in [0, 0.1) is 6.92 Å². The van der Waals surface area contributed by atoms with Crippen LogP contribution in [0.15, 0.2) is 18.2 Å². The number of aryl methyl sites for hydroxylation is 1. The molecule has 3 N–H and O–H groups in total. The van der Waals surface area contributed by atoms with E-state index in [-0.39, 0.29) is 18.6 Å². The third-order valence-corrected chi connectivity index (χ3v) is 2.19. The molecule has 0 aliphatic carbocycles. The number of hydrogen-bond acceptors (Lipinski definition) is 3.